The van der Waals surface area contributed by atoms with Crippen LogP contribution in [0.3, 0.4) is 0 Å². The van der Waals surface area contributed by atoms with Gasteiger partial charge in [0.15, 0.2) is 5.44 Å². The molecule has 1 fully saturated rings. The molecule has 140 valence electrons. The van der Waals surface area contributed by atoms with Crippen molar-refractivity contribution in [1.82, 2.24) is 4.98 Å². The summed E-state index contributed by atoms with van der Waals surface area (Å²) in [6.45, 7) is 0. The first-order valence-corrected chi connectivity index (χ1v) is 10.1. The molecule has 0 aliphatic carbocycles. The summed E-state index contributed by atoms with van der Waals surface area (Å²) in [6, 6.07) is 5.62. The molecule has 3 N–H and O–H groups in total. The smallest absolute Gasteiger partial charge is 0.208 e. The summed E-state index contributed by atoms with van der Waals surface area (Å²) in [4.78, 5) is 3.59. The topological polar surface area (TPSA) is 117 Å². The van der Waals surface area contributed by atoms with Crippen LogP contribution in [0.4, 0.5) is 4.39 Å². The zero-order chi connectivity index (χ0) is 18.9. The average Bonchev–Trinajstić information content (AvgIpc) is 2.63. The van der Waals surface area contributed by atoms with E-state index in [-0.39, 0.29) is 21.3 Å². The lowest BCUT2D eigenvalue weighted by atomic mass is 10.1. The van der Waals surface area contributed by atoms with Crippen LogP contribution in [0.1, 0.15) is 0 Å². The third kappa shape index (κ3) is 3.84. The van der Waals surface area contributed by atoms with Crippen molar-refractivity contribution in [3.63, 3.8) is 0 Å². The number of hydrogen-bond donors (Lipinski definition) is 3. The Morgan fingerprint density at radius 3 is 2.46 bits per heavy atom. The normalized spacial score (nSPS) is 26.5. The van der Waals surface area contributed by atoms with Gasteiger partial charge in [0.1, 0.15) is 23.8 Å². The molecule has 0 amide bonds. The van der Waals surface area contributed by atoms with Crippen LogP contribution in [0.15, 0.2) is 52.5 Å². The lowest BCUT2D eigenvalue weighted by Gasteiger charge is -2.34. The number of nitrogens with zero attached hydrogens (tertiary/aromatic N) is 1. The Bertz CT molecular complexity index is 877. The van der Waals surface area contributed by atoms with Crippen molar-refractivity contribution in [2.24, 2.45) is 0 Å². The number of hydrogen-bond acceptors (Lipinski definition) is 8. The number of sulfone groups is 1. The van der Waals surface area contributed by atoms with Crippen LogP contribution in [-0.2, 0) is 9.84 Å². The zero-order valence-corrected chi connectivity index (χ0v) is 14.9. The van der Waals surface area contributed by atoms with E-state index in [9.17, 15) is 28.1 Å². The van der Waals surface area contributed by atoms with E-state index in [0.29, 0.717) is 0 Å². The summed E-state index contributed by atoms with van der Waals surface area (Å²) in [7, 11) is -3.92. The highest BCUT2D eigenvalue weighted by Crippen LogP contribution is 2.30. The number of aromatic nitrogens is 1. The molecule has 1 saturated heterocycles. The molecule has 2 aromatic rings. The number of aliphatic hydroxyl groups excluding tert-OH is 3. The largest absolute Gasteiger partial charge is 0.475 e. The molecule has 0 bridgehead atoms. The molecule has 1 aliphatic heterocycles. The van der Waals surface area contributed by atoms with E-state index in [0.717, 1.165) is 42.2 Å². The maximum Gasteiger partial charge on any atom is 0.208 e. The summed E-state index contributed by atoms with van der Waals surface area (Å²) >= 11 is 1.09. The van der Waals surface area contributed by atoms with Gasteiger partial charge in [0.2, 0.25) is 9.84 Å². The van der Waals surface area contributed by atoms with E-state index in [1.54, 1.807) is 0 Å². The lowest BCUT2D eigenvalue weighted by Crippen LogP contribution is -2.50. The minimum absolute atomic E-state index is 0.0772. The van der Waals surface area contributed by atoms with E-state index in [1.807, 2.05) is 0 Å². The molecule has 0 spiro atoms. The summed E-state index contributed by atoms with van der Waals surface area (Å²) in [5, 5.41) is 29.2. The number of benzene rings is 1. The van der Waals surface area contributed by atoms with Gasteiger partial charge in [-0.3, -0.25) is 4.98 Å². The summed E-state index contributed by atoms with van der Waals surface area (Å²) in [5.41, 5.74) is -0.890. The van der Waals surface area contributed by atoms with Crippen molar-refractivity contribution < 1.29 is 32.9 Å². The Morgan fingerprint density at radius 2 is 1.77 bits per heavy atom. The fourth-order valence-electron chi connectivity index (χ4n) is 2.38. The predicted molar refractivity (Wildman–Crippen MR) is 91.0 cm³/mol. The number of rotatable bonds is 4. The number of aliphatic hydroxyl groups is 3. The molecule has 26 heavy (non-hydrogen) atoms. The summed E-state index contributed by atoms with van der Waals surface area (Å²) in [6.07, 6.45) is -1.37. The Morgan fingerprint density at radius 1 is 1.08 bits per heavy atom. The highest BCUT2D eigenvalue weighted by atomic mass is 32.2. The number of ether oxygens (including phenoxy) is 1. The molecular weight excluding hydrogens is 385 g/mol. The number of thioether (sulfide) groups is 1. The summed E-state index contributed by atoms with van der Waals surface area (Å²) < 4.78 is 43.7. The Hall–Kier alpha value is -1.72. The minimum Gasteiger partial charge on any atom is -0.475 e. The Kier molecular flexibility index (Phi) is 5.49. The quantitative estimate of drug-likeness (QED) is 0.638. The predicted octanol–water partition coefficient (Wildman–Crippen LogP) is 0.588. The van der Waals surface area contributed by atoms with Crippen molar-refractivity contribution in [2.75, 3.05) is 5.75 Å². The number of pyridine rings is 1. The van der Waals surface area contributed by atoms with Crippen molar-refractivity contribution >= 4 is 21.6 Å². The van der Waals surface area contributed by atoms with Crippen LogP contribution in [0, 0.1) is 5.82 Å². The molecule has 3 rings (SSSR count). The van der Waals surface area contributed by atoms with Gasteiger partial charge in [-0.2, -0.15) is 0 Å². The molecule has 7 nitrogen and oxygen atoms in total. The van der Waals surface area contributed by atoms with E-state index in [1.165, 1.54) is 12.3 Å². The Labute approximate surface area is 153 Å². The SMILES string of the molecule is O=S(=O)(c1ccc(F)cc1)c1cncc(O[C@@H]2SC[C@@H](O)[C@H](O)[C@H]2O)c1. The summed E-state index contributed by atoms with van der Waals surface area (Å²) in [5.74, 6) is -0.319. The number of halogens is 1. The van der Waals surface area contributed by atoms with Gasteiger partial charge in [0.05, 0.1) is 22.1 Å². The monoisotopic (exact) mass is 401 g/mol. The molecular formula is C16H16FNO6S2. The van der Waals surface area contributed by atoms with Crippen LogP contribution >= 0.6 is 11.8 Å². The third-order valence-corrected chi connectivity index (χ3v) is 6.80. The van der Waals surface area contributed by atoms with Gasteiger partial charge in [-0.25, -0.2) is 12.8 Å². The van der Waals surface area contributed by atoms with Crippen molar-refractivity contribution in [3.05, 3.63) is 48.5 Å². The van der Waals surface area contributed by atoms with E-state index in [2.05, 4.69) is 4.98 Å². The zero-order valence-electron chi connectivity index (χ0n) is 13.3. The van der Waals surface area contributed by atoms with Gasteiger partial charge in [0.25, 0.3) is 0 Å². The van der Waals surface area contributed by atoms with Gasteiger partial charge in [-0.05, 0) is 24.3 Å². The second-order valence-electron chi connectivity index (χ2n) is 5.68. The first kappa shape index (κ1) is 19.1. The van der Waals surface area contributed by atoms with Crippen molar-refractivity contribution in [2.45, 2.75) is 33.5 Å². The second-order valence-corrected chi connectivity index (χ2v) is 8.76. The van der Waals surface area contributed by atoms with Crippen molar-refractivity contribution in [1.29, 1.82) is 0 Å². The van der Waals surface area contributed by atoms with E-state index in [4.69, 9.17) is 4.74 Å². The van der Waals surface area contributed by atoms with Gasteiger partial charge in [-0.15, -0.1) is 11.8 Å². The van der Waals surface area contributed by atoms with Gasteiger partial charge in [-0.1, -0.05) is 0 Å². The average molecular weight is 401 g/mol. The van der Waals surface area contributed by atoms with Crippen LogP contribution in [-0.4, -0.2) is 58.2 Å². The fourth-order valence-corrected chi connectivity index (χ4v) is 4.74. The molecule has 2 heterocycles. The van der Waals surface area contributed by atoms with Gasteiger partial charge >= 0.3 is 0 Å². The Balaban J connectivity index is 1.83. The molecule has 1 aromatic heterocycles. The molecule has 0 unspecified atom stereocenters. The van der Waals surface area contributed by atoms with Gasteiger partial charge < -0.3 is 20.1 Å². The highest BCUT2D eigenvalue weighted by Gasteiger charge is 2.38. The van der Waals surface area contributed by atoms with Crippen molar-refractivity contribution in [3.8, 4) is 5.75 Å². The van der Waals surface area contributed by atoms with Gasteiger partial charge in [0, 0.05) is 18.0 Å². The van der Waals surface area contributed by atoms with Crippen LogP contribution in [0.5, 0.6) is 5.75 Å². The molecule has 1 aromatic carbocycles. The minimum atomic E-state index is -3.92. The second kappa shape index (κ2) is 7.49. The highest BCUT2D eigenvalue weighted by molar-refractivity contribution is 7.99. The van der Waals surface area contributed by atoms with E-state index < -0.39 is 39.4 Å². The first-order valence-electron chi connectivity index (χ1n) is 7.57. The van der Waals surface area contributed by atoms with E-state index >= 15 is 0 Å². The molecule has 10 heteroatoms. The molecule has 4 atom stereocenters. The maximum absolute atomic E-state index is 13.0. The lowest BCUT2D eigenvalue weighted by molar-refractivity contribution is -0.0786. The maximum atomic E-state index is 13.0. The third-order valence-electron chi connectivity index (χ3n) is 3.83. The van der Waals surface area contributed by atoms with Crippen LogP contribution in [0.25, 0.3) is 0 Å². The fraction of sp³-hybridized carbons (Fsp3) is 0.312. The molecule has 0 radical (unpaired) electrons. The first-order chi connectivity index (χ1) is 12.3. The standard InChI is InChI=1S/C16H16FNO6S2/c17-9-1-3-11(4-2-9)26(22,23)12-5-10(6-18-7-12)24-16-15(21)14(20)13(19)8-25-16/h1-7,13-16,19-21H,8H2/t13-,14+,15-,16-/m1/s1. The molecule has 1 aliphatic rings. The molecule has 0 saturated carbocycles. The van der Waals surface area contributed by atoms with Crippen LogP contribution in [0.2, 0.25) is 0 Å². The van der Waals surface area contributed by atoms with Crippen LogP contribution < -0.4 is 4.74 Å².